The van der Waals surface area contributed by atoms with Crippen LogP contribution in [0.15, 0.2) is 0 Å². The zero-order valence-corrected chi connectivity index (χ0v) is 3.58. The number of aliphatic carboxylic acids is 1. The van der Waals surface area contributed by atoms with E-state index in [0.29, 0.717) is 0 Å². The van der Waals surface area contributed by atoms with Crippen molar-refractivity contribution < 1.29 is 24.0 Å². The van der Waals surface area contributed by atoms with E-state index in [4.69, 9.17) is 9.90 Å². The summed E-state index contributed by atoms with van der Waals surface area (Å²) >= 11 is 0. The molecule has 0 aliphatic heterocycles. The van der Waals surface area contributed by atoms with Crippen molar-refractivity contribution in [1.82, 2.24) is 0 Å². The van der Waals surface area contributed by atoms with E-state index in [1.807, 2.05) is 0 Å². The maximum atomic E-state index is 9.00. The lowest BCUT2D eigenvalue weighted by Crippen LogP contribution is -1.78. The first-order valence-electron chi connectivity index (χ1n) is 0.928. The molecule has 0 aromatic carbocycles. The first kappa shape index (κ1) is 54.2. The molecule has 0 saturated carbocycles. The Labute approximate surface area is 46.6 Å². The molecule has 0 aromatic rings. The molecule has 0 aliphatic carbocycles. The van der Waals surface area contributed by atoms with Gasteiger partial charge in [0.15, 0.2) is 0 Å². The van der Waals surface area contributed by atoms with Crippen LogP contribution in [-0.2, 0) is 4.79 Å². The Morgan fingerprint density at radius 1 is 1.25 bits per heavy atom. The normalized spacial score (nSPS) is 3.12. The second-order valence-electron chi connectivity index (χ2n) is 0.519. The molecular formula is C2H10BF3O2. The predicted molar refractivity (Wildman–Crippen MR) is 30.8 cm³/mol. The second-order valence-corrected chi connectivity index (χ2v) is 0.519. The summed E-state index contributed by atoms with van der Waals surface area (Å²) in [7, 11) is 0. The minimum atomic E-state index is -0.833. The topological polar surface area (TPSA) is 37.3 Å². The Morgan fingerprint density at radius 2 is 1.25 bits per heavy atom. The molecule has 8 heavy (non-hydrogen) atoms. The van der Waals surface area contributed by atoms with E-state index >= 15 is 0 Å². The van der Waals surface area contributed by atoms with Crippen LogP contribution >= 0.6 is 0 Å². The third kappa shape index (κ3) is 219. The van der Waals surface area contributed by atoms with Gasteiger partial charge in [-0.15, -0.1) is 0 Å². The summed E-state index contributed by atoms with van der Waals surface area (Å²) in [5.41, 5.74) is 0. The third-order valence-corrected chi connectivity index (χ3v) is 0. The van der Waals surface area contributed by atoms with Crippen LogP contribution in [0.3, 0.4) is 0 Å². The van der Waals surface area contributed by atoms with Crippen molar-refractivity contribution in [2.45, 2.75) is 6.92 Å². The van der Waals surface area contributed by atoms with Crippen molar-refractivity contribution in [2.24, 2.45) is 0 Å². The van der Waals surface area contributed by atoms with Crippen molar-refractivity contribution in [3.8, 4) is 0 Å². The van der Waals surface area contributed by atoms with Crippen molar-refractivity contribution >= 4 is 14.4 Å². The zero-order chi connectivity index (χ0) is 3.58. The summed E-state index contributed by atoms with van der Waals surface area (Å²) in [6, 6.07) is 0. The summed E-state index contributed by atoms with van der Waals surface area (Å²) in [5.74, 6) is -0.833. The molecule has 1 N–H and O–H groups in total. The molecule has 2 nitrogen and oxygen atoms in total. The van der Waals surface area contributed by atoms with Crippen LogP contribution in [-0.4, -0.2) is 19.5 Å². The monoisotopic (exact) mass is 134 g/mol. The van der Waals surface area contributed by atoms with Crippen LogP contribution in [0.25, 0.3) is 0 Å². The molecule has 0 aliphatic rings. The van der Waals surface area contributed by atoms with E-state index in [1.54, 1.807) is 0 Å². The molecule has 6 heteroatoms. The lowest BCUT2D eigenvalue weighted by Gasteiger charge is -1.59. The highest BCUT2D eigenvalue weighted by Gasteiger charge is 1.65. The summed E-state index contributed by atoms with van der Waals surface area (Å²) in [6.07, 6.45) is 0. The van der Waals surface area contributed by atoms with E-state index in [2.05, 4.69) is 0 Å². The van der Waals surface area contributed by atoms with Crippen molar-refractivity contribution in [2.75, 3.05) is 0 Å². The third-order valence-electron chi connectivity index (χ3n) is 0. The second kappa shape index (κ2) is 33.2. The average molecular weight is 134 g/mol. The molecule has 0 spiro atoms. The van der Waals surface area contributed by atoms with Crippen LogP contribution in [0.5, 0.6) is 0 Å². The molecule has 0 radical (unpaired) electrons. The van der Waals surface area contributed by atoms with Crippen LogP contribution in [0.4, 0.5) is 14.1 Å². The minimum absolute atomic E-state index is 0. The van der Waals surface area contributed by atoms with Gasteiger partial charge in [-0.2, -0.15) is 0 Å². The van der Waals surface area contributed by atoms with Gasteiger partial charge in [0.1, 0.15) is 0 Å². The van der Waals surface area contributed by atoms with Crippen molar-refractivity contribution in [3.63, 3.8) is 0 Å². The maximum absolute atomic E-state index is 9.00. The van der Waals surface area contributed by atoms with Gasteiger partial charge in [-0.1, -0.05) is 0 Å². The first-order chi connectivity index (χ1) is 1.73. The van der Waals surface area contributed by atoms with Gasteiger partial charge >= 0.3 is 0 Å². The number of halogens is 3. The van der Waals surface area contributed by atoms with Gasteiger partial charge in [-0.25, -0.2) is 0 Å². The number of rotatable bonds is 0. The van der Waals surface area contributed by atoms with Gasteiger partial charge in [0.05, 0.1) is 8.41 Å². The number of carboxylic acids is 1. The Kier molecular flexibility index (Phi) is 225. The van der Waals surface area contributed by atoms with Crippen molar-refractivity contribution in [3.05, 3.63) is 0 Å². The van der Waals surface area contributed by atoms with E-state index in [-0.39, 0.29) is 22.5 Å². The van der Waals surface area contributed by atoms with Gasteiger partial charge in [0, 0.05) is 6.92 Å². The van der Waals surface area contributed by atoms with Gasteiger partial charge < -0.3 is 5.11 Å². The molecule has 0 unspecified atom stereocenters. The van der Waals surface area contributed by atoms with E-state index < -0.39 is 5.97 Å². The predicted octanol–water partition coefficient (Wildman–Crippen LogP) is -0.635. The molecule has 0 fully saturated rings. The van der Waals surface area contributed by atoms with Gasteiger partial charge in [-0.3, -0.25) is 18.9 Å². The molecule has 54 valence electrons. The maximum Gasteiger partial charge on any atom is 0.300 e. The fraction of sp³-hybridized carbons (Fsp3) is 0.500. The molecule has 0 bridgehead atoms. The van der Waals surface area contributed by atoms with Gasteiger partial charge in [0.25, 0.3) is 5.97 Å². The standard InChI is InChI=1S/C2H4O2.BH3.3FH/c1-2(3)4;;;;/h1H3,(H,3,4);1H3;3*1H. The summed E-state index contributed by atoms with van der Waals surface area (Å²) < 4.78 is 0. The highest BCUT2D eigenvalue weighted by Crippen LogP contribution is 1.42. The lowest BCUT2D eigenvalue weighted by molar-refractivity contribution is -0.134. The Morgan fingerprint density at radius 3 is 1.25 bits per heavy atom. The minimum Gasteiger partial charge on any atom is -0.481 e. The molecule has 0 rings (SSSR count). The molecular weight excluding hydrogens is 124 g/mol. The van der Waals surface area contributed by atoms with Crippen LogP contribution in [0, 0.1) is 0 Å². The molecule has 0 atom stereocenters. The lowest BCUT2D eigenvalue weighted by atomic mass is 10.8. The molecule has 0 saturated heterocycles. The highest BCUT2D eigenvalue weighted by atomic mass is 19.0. The fourth-order valence-electron chi connectivity index (χ4n) is 0. The largest absolute Gasteiger partial charge is 0.481 e. The van der Waals surface area contributed by atoms with E-state index in [9.17, 15) is 0 Å². The van der Waals surface area contributed by atoms with Crippen molar-refractivity contribution in [1.29, 1.82) is 0 Å². The van der Waals surface area contributed by atoms with E-state index in [1.165, 1.54) is 0 Å². The van der Waals surface area contributed by atoms with Crippen LogP contribution in [0.2, 0.25) is 0 Å². The summed E-state index contributed by atoms with van der Waals surface area (Å²) in [5, 5.41) is 7.42. The first-order valence-corrected chi connectivity index (χ1v) is 0.928. The van der Waals surface area contributed by atoms with Gasteiger partial charge in [0.2, 0.25) is 0 Å². The summed E-state index contributed by atoms with van der Waals surface area (Å²) in [4.78, 5) is 9.00. The molecule has 0 amide bonds. The Bertz CT molecular complexity index is 38.3. The quantitative estimate of drug-likeness (QED) is 0.447. The molecule has 0 aromatic heterocycles. The SMILES string of the molecule is B.CC(=O)O.F.F.F. The number of hydrogen-bond acceptors (Lipinski definition) is 1. The summed E-state index contributed by atoms with van der Waals surface area (Å²) in [6.45, 7) is 1.08. The smallest absolute Gasteiger partial charge is 0.300 e. The average Bonchev–Trinajstić information content (AvgIpc) is 0.811. The number of carbonyl (C=O) groups is 1. The Balaban J connectivity index is -0.00000000750. The zero-order valence-electron chi connectivity index (χ0n) is 3.58. The number of carboxylic acid groups (broad SMARTS) is 1. The van der Waals surface area contributed by atoms with Crippen LogP contribution < -0.4 is 0 Å². The Hall–Kier alpha value is -0.675. The highest BCUT2D eigenvalue weighted by molar-refractivity contribution is 5.75. The van der Waals surface area contributed by atoms with Gasteiger partial charge in [-0.05, 0) is 0 Å². The molecule has 0 heterocycles. The van der Waals surface area contributed by atoms with E-state index in [0.717, 1.165) is 6.92 Å². The number of hydrogen-bond donors (Lipinski definition) is 1. The van der Waals surface area contributed by atoms with Crippen LogP contribution in [0.1, 0.15) is 6.92 Å². The fourth-order valence-corrected chi connectivity index (χ4v) is 0.